The van der Waals surface area contributed by atoms with Crippen LogP contribution in [0.1, 0.15) is 36.9 Å². The number of rotatable bonds is 6. The topological polar surface area (TPSA) is 74.8 Å². The van der Waals surface area contributed by atoms with Gasteiger partial charge in [0.1, 0.15) is 0 Å². The number of anilines is 1. The van der Waals surface area contributed by atoms with Crippen molar-refractivity contribution in [1.82, 2.24) is 4.90 Å². The highest BCUT2D eigenvalue weighted by Crippen LogP contribution is 2.23. The highest BCUT2D eigenvalue weighted by atomic mass is 32.2. The zero-order chi connectivity index (χ0) is 21.9. The first-order valence-electron chi connectivity index (χ1n) is 9.82. The van der Waals surface area contributed by atoms with Crippen molar-refractivity contribution >= 4 is 33.4 Å². The monoisotopic (exact) mass is 426 g/mol. The first-order chi connectivity index (χ1) is 14.2. The molecule has 2 aromatic rings. The third-order valence-corrected chi connectivity index (χ3v) is 6.54. The SMILES string of the molecule is CC(c1ccc(S(C)(=O)=O)cc1)N(C)C(=O)C=Cc1ccc(N2CCCC2=O)cc1. The lowest BCUT2D eigenvalue weighted by molar-refractivity contribution is -0.126. The molecule has 2 aromatic carbocycles. The second kappa shape index (κ2) is 8.83. The molecule has 0 N–H and O–H groups in total. The van der Waals surface area contributed by atoms with Crippen molar-refractivity contribution in [2.45, 2.75) is 30.7 Å². The van der Waals surface area contributed by atoms with Crippen LogP contribution in [0.2, 0.25) is 0 Å². The molecular formula is C23H26N2O4S. The van der Waals surface area contributed by atoms with Crippen molar-refractivity contribution in [2.24, 2.45) is 0 Å². The zero-order valence-electron chi connectivity index (χ0n) is 17.4. The molecule has 1 aliphatic rings. The van der Waals surface area contributed by atoms with E-state index in [9.17, 15) is 18.0 Å². The summed E-state index contributed by atoms with van der Waals surface area (Å²) in [4.78, 5) is 28.0. The van der Waals surface area contributed by atoms with E-state index in [1.165, 1.54) is 12.3 Å². The zero-order valence-corrected chi connectivity index (χ0v) is 18.2. The van der Waals surface area contributed by atoms with Crippen molar-refractivity contribution in [1.29, 1.82) is 0 Å². The van der Waals surface area contributed by atoms with Crippen molar-refractivity contribution in [3.05, 3.63) is 65.7 Å². The molecule has 1 saturated heterocycles. The quantitative estimate of drug-likeness (QED) is 0.663. The van der Waals surface area contributed by atoms with E-state index in [1.807, 2.05) is 31.2 Å². The van der Waals surface area contributed by atoms with Crippen LogP contribution in [0.15, 0.2) is 59.5 Å². The molecule has 0 aliphatic carbocycles. The van der Waals surface area contributed by atoms with Crippen LogP contribution in [0.25, 0.3) is 6.08 Å². The maximum absolute atomic E-state index is 12.6. The van der Waals surface area contributed by atoms with E-state index in [4.69, 9.17) is 0 Å². The molecular weight excluding hydrogens is 400 g/mol. The van der Waals surface area contributed by atoms with Gasteiger partial charge < -0.3 is 9.80 Å². The molecule has 0 saturated carbocycles. The molecule has 1 aliphatic heterocycles. The van der Waals surface area contributed by atoms with Crippen LogP contribution in [-0.2, 0) is 19.4 Å². The summed E-state index contributed by atoms with van der Waals surface area (Å²) in [6, 6.07) is 13.9. The smallest absolute Gasteiger partial charge is 0.246 e. The van der Waals surface area contributed by atoms with Gasteiger partial charge in [-0.15, -0.1) is 0 Å². The average molecular weight is 427 g/mol. The fraction of sp³-hybridized carbons (Fsp3) is 0.304. The van der Waals surface area contributed by atoms with Gasteiger partial charge in [-0.05, 0) is 54.8 Å². The average Bonchev–Trinajstić information content (AvgIpc) is 3.16. The number of carbonyl (C=O) groups excluding carboxylic acids is 2. The molecule has 1 heterocycles. The maximum atomic E-state index is 12.6. The van der Waals surface area contributed by atoms with E-state index in [2.05, 4.69) is 0 Å². The molecule has 0 bridgehead atoms. The van der Waals surface area contributed by atoms with Crippen LogP contribution >= 0.6 is 0 Å². The van der Waals surface area contributed by atoms with Crippen LogP contribution < -0.4 is 4.90 Å². The van der Waals surface area contributed by atoms with Gasteiger partial charge in [0.05, 0.1) is 10.9 Å². The van der Waals surface area contributed by atoms with Crippen LogP contribution in [0.3, 0.4) is 0 Å². The molecule has 7 heteroatoms. The number of carbonyl (C=O) groups is 2. The Kier molecular flexibility index (Phi) is 6.41. The van der Waals surface area contributed by atoms with Gasteiger partial charge >= 0.3 is 0 Å². The van der Waals surface area contributed by atoms with Crippen LogP contribution in [0.4, 0.5) is 5.69 Å². The summed E-state index contributed by atoms with van der Waals surface area (Å²) in [7, 11) is -1.53. The van der Waals surface area contributed by atoms with Gasteiger partial charge in [-0.25, -0.2) is 8.42 Å². The molecule has 1 fully saturated rings. The molecule has 1 atom stereocenters. The van der Waals surface area contributed by atoms with Gasteiger partial charge in [0.25, 0.3) is 0 Å². The molecule has 0 aromatic heterocycles. The number of amides is 2. The van der Waals surface area contributed by atoms with Gasteiger partial charge in [0.15, 0.2) is 9.84 Å². The Bertz CT molecular complexity index is 1060. The van der Waals surface area contributed by atoms with Gasteiger partial charge in [0, 0.05) is 38.0 Å². The maximum Gasteiger partial charge on any atom is 0.246 e. The highest BCUT2D eigenvalue weighted by molar-refractivity contribution is 7.90. The van der Waals surface area contributed by atoms with Gasteiger partial charge in [-0.1, -0.05) is 24.3 Å². The fourth-order valence-corrected chi connectivity index (χ4v) is 4.01. The number of likely N-dealkylation sites (N-methyl/N-ethyl adjacent to an activating group) is 1. The molecule has 0 radical (unpaired) electrons. The Morgan fingerprint density at radius 1 is 1.10 bits per heavy atom. The Morgan fingerprint density at radius 3 is 2.27 bits per heavy atom. The summed E-state index contributed by atoms with van der Waals surface area (Å²) >= 11 is 0. The molecule has 3 rings (SSSR count). The lowest BCUT2D eigenvalue weighted by atomic mass is 10.1. The number of benzene rings is 2. The number of nitrogens with zero attached hydrogens (tertiary/aromatic N) is 2. The lowest BCUT2D eigenvalue weighted by Crippen LogP contribution is -2.28. The predicted molar refractivity (Wildman–Crippen MR) is 118 cm³/mol. The normalized spacial score (nSPS) is 15.6. The van der Waals surface area contributed by atoms with Crippen molar-refractivity contribution in [3.8, 4) is 0 Å². The highest BCUT2D eigenvalue weighted by Gasteiger charge is 2.21. The number of hydrogen-bond donors (Lipinski definition) is 0. The summed E-state index contributed by atoms with van der Waals surface area (Å²) in [5.74, 6) is -0.0119. The van der Waals surface area contributed by atoms with E-state index in [0.717, 1.165) is 29.8 Å². The van der Waals surface area contributed by atoms with Crippen molar-refractivity contribution in [3.63, 3.8) is 0 Å². The third-order valence-electron chi connectivity index (χ3n) is 5.42. The van der Waals surface area contributed by atoms with Gasteiger partial charge in [0.2, 0.25) is 11.8 Å². The second-order valence-electron chi connectivity index (χ2n) is 7.54. The van der Waals surface area contributed by atoms with E-state index >= 15 is 0 Å². The number of hydrogen-bond acceptors (Lipinski definition) is 4. The molecule has 2 amide bonds. The Hall–Kier alpha value is -2.93. The minimum Gasteiger partial charge on any atom is -0.335 e. The summed E-state index contributed by atoms with van der Waals surface area (Å²) in [5, 5.41) is 0. The minimum atomic E-state index is -3.25. The predicted octanol–water partition coefficient (Wildman–Crippen LogP) is 3.45. The summed E-state index contributed by atoms with van der Waals surface area (Å²) in [6.45, 7) is 2.64. The van der Waals surface area contributed by atoms with E-state index in [0.29, 0.717) is 6.42 Å². The van der Waals surface area contributed by atoms with Crippen molar-refractivity contribution < 1.29 is 18.0 Å². The van der Waals surface area contributed by atoms with Crippen LogP contribution in [-0.4, -0.2) is 45.0 Å². The second-order valence-corrected chi connectivity index (χ2v) is 9.56. The Balaban J connectivity index is 1.64. The summed E-state index contributed by atoms with van der Waals surface area (Å²) in [5.41, 5.74) is 2.60. The van der Waals surface area contributed by atoms with Crippen LogP contribution in [0, 0.1) is 0 Å². The van der Waals surface area contributed by atoms with Gasteiger partial charge in [-0.2, -0.15) is 0 Å². The van der Waals surface area contributed by atoms with E-state index in [1.54, 1.807) is 47.2 Å². The molecule has 30 heavy (non-hydrogen) atoms. The Labute approximate surface area is 177 Å². The molecule has 6 nitrogen and oxygen atoms in total. The standard InChI is InChI=1S/C23H26N2O4S/c1-17(19-9-13-21(14-10-19)30(3,28)29)24(2)22(26)15-8-18-6-11-20(12-7-18)25-16-4-5-23(25)27/h6-15,17H,4-5,16H2,1-3H3. The Morgan fingerprint density at radius 2 is 1.73 bits per heavy atom. The minimum absolute atomic E-state index is 0.147. The lowest BCUT2D eigenvalue weighted by Gasteiger charge is -2.24. The summed E-state index contributed by atoms with van der Waals surface area (Å²) in [6.07, 6.45) is 5.90. The van der Waals surface area contributed by atoms with Gasteiger partial charge in [-0.3, -0.25) is 9.59 Å². The van der Waals surface area contributed by atoms with Crippen LogP contribution in [0.5, 0.6) is 0 Å². The first kappa shape index (κ1) is 21.8. The molecule has 1 unspecified atom stereocenters. The van der Waals surface area contributed by atoms with E-state index in [-0.39, 0.29) is 22.8 Å². The summed E-state index contributed by atoms with van der Waals surface area (Å²) < 4.78 is 23.2. The largest absolute Gasteiger partial charge is 0.335 e. The fourth-order valence-electron chi connectivity index (χ4n) is 3.38. The third kappa shape index (κ3) is 4.97. The van der Waals surface area contributed by atoms with Crippen molar-refractivity contribution in [2.75, 3.05) is 24.7 Å². The first-order valence-corrected chi connectivity index (χ1v) is 11.7. The molecule has 0 spiro atoms. The molecule has 158 valence electrons. The van der Waals surface area contributed by atoms with E-state index < -0.39 is 9.84 Å². The number of sulfone groups is 1.